The van der Waals surface area contributed by atoms with Crippen molar-refractivity contribution in [2.45, 2.75) is 6.10 Å². The molecule has 1 fully saturated rings. The zero-order valence-corrected chi connectivity index (χ0v) is 12.1. The molecule has 0 bridgehead atoms. The van der Waals surface area contributed by atoms with E-state index in [1.54, 1.807) is 7.05 Å². The van der Waals surface area contributed by atoms with E-state index in [0.717, 1.165) is 13.1 Å². The second-order valence-corrected chi connectivity index (χ2v) is 5.18. The van der Waals surface area contributed by atoms with Crippen LogP contribution in [0.2, 0.25) is 0 Å². The molecule has 1 aromatic carbocycles. The number of hydrogen-bond donors (Lipinski definition) is 2. The molecule has 1 aliphatic heterocycles. The Morgan fingerprint density at radius 2 is 2.15 bits per heavy atom. The Kier molecular flexibility index (Phi) is 5.38. The molecule has 1 aliphatic rings. The third-order valence-electron chi connectivity index (χ3n) is 3.62. The number of carbonyl (C=O) groups is 1. The van der Waals surface area contributed by atoms with E-state index in [2.05, 4.69) is 34.7 Å². The first kappa shape index (κ1) is 14.8. The Bertz CT molecular complexity index is 424. The third kappa shape index (κ3) is 3.95. The molecule has 0 aliphatic carbocycles. The smallest absolute Gasteiger partial charge is 0.314 e. The Labute approximate surface area is 120 Å². The topological polar surface area (TPSA) is 53.6 Å². The van der Waals surface area contributed by atoms with Crippen LogP contribution >= 0.6 is 0 Å². The van der Waals surface area contributed by atoms with Crippen LogP contribution in [0.3, 0.4) is 0 Å². The van der Waals surface area contributed by atoms with E-state index >= 15 is 0 Å². The average molecular weight is 277 g/mol. The van der Waals surface area contributed by atoms with Crippen LogP contribution in [0.4, 0.5) is 4.79 Å². The number of rotatable bonds is 3. The van der Waals surface area contributed by atoms with Crippen molar-refractivity contribution >= 4 is 6.03 Å². The van der Waals surface area contributed by atoms with Crippen molar-refractivity contribution in [2.24, 2.45) is 5.92 Å². The molecular weight excluding hydrogens is 254 g/mol. The predicted octanol–water partition coefficient (Wildman–Crippen LogP) is 1.23. The summed E-state index contributed by atoms with van der Waals surface area (Å²) in [6.07, 6.45) is 0.0262. The van der Waals surface area contributed by atoms with Crippen LogP contribution in [0, 0.1) is 5.92 Å². The minimum atomic E-state index is -0.149. The number of hydrogen-bond acceptors (Lipinski definition) is 3. The fourth-order valence-electron chi connectivity index (χ4n) is 2.55. The Balaban J connectivity index is 2.10. The van der Waals surface area contributed by atoms with Crippen molar-refractivity contribution in [3.8, 4) is 0 Å². The first-order valence-electron chi connectivity index (χ1n) is 7.01. The van der Waals surface area contributed by atoms with Gasteiger partial charge in [0.1, 0.15) is 0 Å². The molecule has 0 aromatic heterocycles. The lowest BCUT2D eigenvalue weighted by atomic mass is 9.95. The van der Waals surface area contributed by atoms with E-state index in [-0.39, 0.29) is 18.1 Å². The highest BCUT2D eigenvalue weighted by Gasteiger charge is 2.28. The molecule has 1 saturated heterocycles. The highest BCUT2D eigenvalue weighted by atomic mass is 16.5. The zero-order valence-electron chi connectivity index (χ0n) is 12.1. The monoisotopic (exact) mass is 277 g/mol. The van der Waals surface area contributed by atoms with Gasteiger partial charge >= 0.3 is 6.03 Å². The van der Waals surface area contributed by atoms with Crippen molar-refractivity contribution in [2.75, 3.05) is 40.3 Å². The van der Waals surface area contributed by atoms with Gasteiger partial charge in [0.2, 0.25) is 0 Å². The van der Waals surface area contributed by atoms with Gasteiger partial charge in [-0.25, -0.2) is 4.79 Å². The summed E-state index contributed by atoms with van der Waals surface area (Å²) in [6, 6.07) is 10.1. The maximum absolute atomic E-state index is 11.4. The van der Waals surface area contributed by atoms with Gasteiger partial charge < -0.3 is 20.3 Å². The molecule has 2 atom stereocenters. The minimum Gasteiger partial charge on any atom is -0.372 e. The molecule has 20 heavy (non-hydrogen) atoms. The maximum atomic E-state index is 11.4. The van der Waals surface area contributed by atoms with Crippen molar-refractivity contribution < 1.29 is 9.53 Å². The van der Waals surface area contributed by atoms with Crippen molar-refractivity contribution in [3.05, 3.63) is 35.9 Å². The van der Waals surface area contributed by atoms with Crippen LogP contribution in [0.5, 0.6) is 0 Å². The van der Waals surface area contributed by atoms with Gasteiger partial charge in [0.25, 0.3) is 0 Å². The van der Waals surface area contributed by atoms with Crippen LogP contribution < -0.4 is 10.6 Å². The maximum Gasteiger partial charge on any atom is 0.314 e. The minimum absolute atomic E-state index is 0.0262. The lowest BCUT2D eigenvalue weighted by molar-refractivity contribution is 0.0314. The van der Waals surface area contributed by atoms with Gasteiger partial charge in [-0.2, -0.15) is 0 Å². The average Bonchev–Trinajstić information content (AvgIpc) is 2.67. The van der Waals surface area contributed by atoms with E-state index in [1.807, 2.05) is 18.2 Å². The van der Waals surface area contributed by atoms with Gasteiger partial charge in [-0.1, -0.05) is 30.3 Å². The van der Waals surface area contributed by atoms with Crippen LogP contribution in [-0.4, -0.2) is 51.3 Å². The molecule has 0 radical (unpaired) electrons. The fourth-order valence-corrected chi connectivity index (χ4v) is 2.55. The van der Waals surface area contributed by atoms with E-state index in [4.69, 9.17) is 4.74 Å². The van der Waals surface area contributed by atoms with Gasteiger partial charge in [-0.05, 0) is 12.6 Å². The van der Waals surface area contributed by atoms with Gasteiger partial charge in [0.05, 0.1) is 12.7 Å². The summed E-state index contributed by atoms with van der Waals surface area (Å²) >= 11 is 0. The molecule has 1 heterocycles. The van der Waals surface area contributed by atoms with Crippen LogP contribution in [0.15, 0.2) is 30.3 Å². The van der Waals surface area contributed by atoms with E-state index < -0.39 is 0 Å². The summed E-state index contributed by atoms with van der Waals surface area (Å²) < 4.78 is 6.02. The van der Waals surface area contributed by atoms with Crippen LogP contribution in [-0.2, 0) is 4.74 Å². The first-order chi connectivity index (χ1) is 9.70. The first-order valence-corrected chi connectivity index (χ1v) is 7.01. The summed E-state index contributed by atoms with van der Waals surface area (Å²) in [5.74, 6) is 0.238. The van der Waals surface area contributed by atoms with Crippen LogP contribution in [0.1, 0.15) is 11.7 Å². The molecule has 1 unspecified atom stereocenters. The lowest BCUT2D eigenvalue weighted by Crippen LogP contribution is -2.40. The number of ether oxygens (including phenoxy) is 1. The highest BCUT2D eigenvalue weighted by Crippen LogP contribution is 2.28. The second kappa shape index (κ2) is 7.26. The molecular formula is C15H23N3O2. The molecule has 5 heteroatoms. The quantitative estimate of drug-likeness (QED) is 0.874. The van der Waals surface area contributed by atoms with Gasteiger partial charge in [-0.3, -0.25) is 0 Å². The van der Waals surface area contributed by atoms with Crippen LogP contribution in [0.25, 0.3) is 0 Å². The van der Waals surface area contributed by atoms with Crippen molar-refractivity contribution in [1.82, 2.24) is 15.5 Å². The Hall–Kier alpha value is -1.59. The van der Waals surface area contributed by atoms with E-state index in [1.165, 1.54) is 5.56 Å². The second-order valence-electron chi connectivity index (χ2n) is 5.18. The van der Waals surface area contributed by atoms with E-state index in [9.17, 15) is 4.79 Å². The number of benzene rings is 1. The summed E-state index contributed by atoms with van der Waals surface area (Å²) in [5, 5.41) is 5.47. The highest BCUT2D eigenvalue weighted by molar-refractivity contribution is 5.73. The molecule has 1 aromatic rings. The molecule has 0 saturated carbocycles. The molecule has 2 rings (SSSR count). The van der Waals surface area contributed by atoms with Crippen molar-refractivity contribution in [3.63, 3.8) is 0 Å². The molecule has 2 N–H and O–H groups in total. The molecule has 0 spiro atoms. The Morgan fingerprint density at radius 3 is 2.85 bits per heavy atom. The largest absolute Gasteiger partial charge is 0.372 e. The van der Waals surface area contributed by atoms with E-state index in [0.29, 0.717) is 13.2 Å². The number of amides is 2. The summed E-state index contributed by atoms with van der Waals surface area (Å²) in [6.45, 7) is 3.14. The fraction of sp³-hybridized carbons (Fsp3) is 0.533. The number of carbonyl (C=O) groups excluding carboxylic acids is 1. The van der Waals surface area contributed by atoms with Gasteiger partial charge in [0.15, 0.2) is 0 Å². The zero-order chi connectivity index (χ0) is 14.4. The van der Waals surface area contributed by atoms with Gasteiger partial charge in [0, 0.05) is 32.6 Å². The molecule has 5 nitrogen and oxygen atoms in total. The summed E-state index contributed by atoms with van der Waals surface area (Å²) in [5.41, 5.74) is 1.17. The number of urea groups is 1. The lowest BCUT2D eigenvalue weighted by Gasteiger charge is -2.26. The number of nitrogens with zero attached hydrogens (tertiary/aromatic N) is 1. The molecule has 110 valence electrons. The summed E-state index contributed by atoms with van der Waals surface area (Å²) in [7, 11) is 3.71. The predicted molar refractivity (Wildman–Crippen MR) is 78.6 cm³/mol. The third-order valence-corrected chi connectivity index (χ3v) is 3.62. The number of nitrogens with one attached hydrogen (secondary N) is 2. The standard InChI is InChI=1S/C15H23N3O2/c1-16-15(19)17-10-13-11-18(2)8-9-20-14(13)12-6-4-3-5-7-12/h3-7,13-14H,8-11H2,1-2H3,(H2,16,17,19)/t13-,14?/m1/s1. The Morgan fingerprint density at radius 1 is 1.40 bits per heavy atom. The number of likely N-dealkylation sites (N-methyl/N-ethyl adjacent to an activating group) is 1. The summed E-state index contributed by atoms with van der Waals surface area (Å²) in [4.78, 5) is 13.6. The normalized spacial score (nSPS) is 23.9. The molecule has 2 amide bonds. The SMILES string of the molecule is CNC(=O)NC[C@@H]1CN(C)CCOC1c1ccccc1. The van der Waals surface area contributed by atoms with Gasteiger partial charge in [-0.15, -0.1) is 0 Å². The van der Waals surface area contributed by atoms with Crippen molar-refractivity contribution in [1.29, 1.82) is 0 Å².